The van der Waals surface area contributed by atoms with E-state index in [0.29, 0.717) is 11.6 Å². The van der Waals surface area contributed by atoms with Gasteiger partial charge in [-0.1, -0.05) is 29.8 Å². The molecule has 0 aromatic carbocycles. The lowest BCUT2D eigenvalue weighted by molar-refractivity contribution is -0.113. The second-order valence-corrected chi connectivity index (χ2v) is 3.36. The molecule has 0 saturated heterocycles. The molecular formula is C10H8ClNO. The second kappa shape index (κ2) is 3.30. The Labute approximate surface area is 81.3 Å². The van der Waals surface area contributed by atoms with Crippen LogP contribution in [-0.2, 0) is 4.79 Å². The van der Waals surface area contributed by atoms with Crippen molar-refractivity contribution in [2.75, 3.05) is 0 Å². The SMILES string of the molecule is O=C1C=C2C=CC(Cl)=NC2C=CC1. The summed E-state index contributed by atoms with van der Waals surface area (Å²) >= 11 is 5.74. The third-order valence-electron chi connectivity index (χ3n) is 1.98. The number of ketones is 1. The van der Waals surface area contributed by atoms with E-state index in [4.69, 9.17) is 11.6 Å². The Bertz CT molecular complexity index is 363. The minimum Gasteiger partial charge on any atom is -0.294 e. The van der Waals surface area contributed by atoms with Crippen LogP contribution in [0.1, 0.15) is 6.42 Å². The zero-order chi connectivity index (χ0) is 9.26. The summed E-state index contributed by atoms with van der Waals surface area (Å²) in [7, 11) is 0. The maximum absolute atomic E-state index is 11.2. The van der Waals surface area contributed by atoms with Crippen molar-refractivity contribution in [2.45, 2.75) is 12.5 Å². The molecule has 13 heavy (non-hydrogen) atoms. The van der Waals surface area contributed by atoms with Crippen LogP contribution in [0.4, 0.5) is 0 Å². The van der Waals surface area contributed by atoms with Gasteiger partial charge in [-0.3, -0.25) is 9.79 Å². The Morgan fingerprint density at radius 3 is 3.15 bits per heavy atom. The van der Waals surface area contributed by atoms with Crippen LogP contribution in [-0.4, -0.2) is 17.0 Å². The summed E-state index contributed by atoms with van der Waals surface area (Å²) in [5.41, 5.74) is 0.920. The van der Waals surface area contributed by atoms with Crippen molar-refractivity contribution in [3.8, 4) is 0 Å². The highest BCUT2D eigenvalue weighted by Gasteiger charge is 2.15. The van der Waals surface area contributed by atoms with Gasteiger partial charge in [-0.25, -0.2) is 0 Å². The zero-order valence-electron chi connectivity index (χ0n) is 6.90. The third-order valence-corrected chi connectivity index (χ3v) is 2.21. The first-order valence-electron chi connectivity index (χ1n) is 4.08. The number of hydrogen-bond acceptors (Lipinski definition) is 2. The topological polar surface area (TPSA) is 29.4 Å². The van der Waals surface area contributed by atoms with E-state index in [1.54, 1.807) is 12.2 Å². The van der Waals surface area contributed by atoms with E-state index >= 15 is 0 Å². The lowest BCUT2D eigenvalue weighted by atomic mass is 10.1. The lowest BCUT2D eigenvalue weighted by Gasteiger charge is -2.11. The first-order valence-corrected chi connectivity index (χ1v) is 4.46. The number of fused-ring (bicyclic) bond motifs is 1. The van der Waals surface area contributed by atoms with Crippen molar-refractivity contribution in [2.24, 2.45) is 4.99 Å². The summed E-state index contributed by atoms with van der Waals surface area (Å²) in [6.45, 7) is 0. The summed E-state index contributed by atoms with van der Waals surface area (Å²) in [6.07, 6.45) is 9.38. The van der Waals surface area contributed by atoms with Gasteiger partial charge < -0.3 is 0 Å². The molecule has 2 nitrogen and oxygen atoms in total. The molecule has 2 aliphatic rings. The summed E-state index contributed by atoms with van der Waals surface area (Å²) in [5, 5.41) is 0.487. The van der Waals surface area contributed by atoms with Gasteiger partial charge in [0.1, 0.15) is 5.17 Å². The Balaban J connectivity index is 2.40. The average Bonchev–Trinajstić information content (AvgIpc) is 2.25. The Morgan fingerprint density at radius 1 is 1.46 bits per heavy atom. The Morgan fingerprint density at radius 2 is 2.31 bits per heavy atom. The van der Waals surface area contributed by atoms with E-state index in [1.807, 2.05) is 18.2 Å². The molecule has 1 unspecified atom stereocenters. The summed E-state index contributed by atoms with van der Waals surface area (Å²) in [4.78, 5) is 15.4. The number of dihydropyridines is 1. The molecule has 0 spiro atoms. The molecule has 1 aliphatic heterocycles. The molecule has 0 N–H and O–H groups in total. The highest BCUT2D eigenvalue weighted by molar-refractivity contribution is 6.68. The Hall–Kier alpha value is -1.15. The molecule has 1 atom stereocenters. The van der Waals surface area contributed by atoms with E-state index in [9.17, 15) is 4.79 Å². The quantitative estimate of drug-likeness (QED) is 0.542. The highest BCUT2D eigenvalue weighted by atomic mass is 35.5. The number of hydrogen-bond donors (Lipinski definition) is 0. The minimum absolute atomic E-state index is 0.0658. The molecule has 2 rings (SSSR count). The van der Waals surface area contributed by atoms with Gasteiger partial charge in [0.15, 0.2) is 5.78 Å². The van der Waals surface area contributed by atoms with Gasteiger partial charge in [-0.2, -0.15) is 0 Å². The van der Waals surface area contributed by atoms with Gasteiger partial charge in [0.25, 0.3) is 0 Å². The molecule has 0 amide bonds. The van der Waals surface area contributed by atoms with Crippen LogP contribution in [0.5, 0.6) is 0 Å². The van der Waals surface area contributed by atoms with Crippen LogP contribution in [0, 0.1) is 0 Å². The number of carbonyl (C=O) groups is 1. The minimum atomic E-state index is -0.0658. The van der Waals surface area contributed by atoms with Crippen LogP contribution in [0.2, 0.25) is 0 Å². The Kier molecular flexibility index (Phi) is 2.15. The average molecular weight is 194 g/mol. The fourth-order valence-corrected chi connectivity index (χ4v) is 1.53. The summed E-state index contributed by atoms with van der Waals surface area (Å²) < 4.78 is 0. The van der Waals surface area contributed by atoms with Crippen molar-refractivity contribution in [1.29, 1.82) is 0 Å². The number of rotatable bonds is 0. The predicted molar refractivity (Wildman–Crippen MR) is 53.1 cm³/mol. The molecule has 66 valence electrons. The van der Waals surface area contributed by atoms with Crippen LogP contribution >= 0.6 is 11.6 Å². The summed E-state index contributed by atoms with van der Waals surface area (Å²) in [5.74, 6) is 0.117. The van der Waals surface area contributed by atoms with Gasteiger partial charge in [0.05, 0.1) is 6.04 Å². The van der Waals surface area contributed by atoms with Crippen LogP contribution < -0.4 is 0 Å². The highest BCUT2D eigenvalue weighted by Crippen LogP contribution is 2.19. The normalized spacial score (nSPS) is 26.2. The first-order chi connectivity index (χ1) is 6.25. The third kappa shape index (κ3) is 1.78. The van der Waals surface area contributed by atoms with Crippen LogP contribution in [0.3, 0.4) is 0 Å². The largest absolute Gasteiger partial charge is 0.294 e. The molecule has 0 saturated carbocycles. The molecule has 0 aromatic rings. The van der Waals surface area contributed by atoms with Crippen molar-refractivity contribution in [1.82, 2.24) is 0 Å². The smallest absolute Gasteiger partial charge is 0.159 e. The van der Waals surface area contributed by atoms with Gasteiger partial charge >= 0.3 is 0 Å². The molecule has 0 radical (unpaired) electrons. The van der Waals surface area contributed by atoms with Crippen LogP contribution in [0.15, 0.2) is 40.9 Å². The van der Waals surface area contributed by atoms with Gasteiger partial charge in [-0.15, -0.1) is 0 Å². The number of carbonyl (C=O) groups excluding carboxylic acids is 1. The van der Waals surface area contributed by atoms with E-state index in [1.165, 1.54) is 0 Å². The number of halogens is 1. The molecule has 0 fully saturated rings. The number of nitrogens with zero attached hydrogens (tertiary/aromatic N) is 1. The van der Waals surface area contributed by atoms with Crippen molar-refractivity contribution < 1.29 is 4.79 Å². The summed E-state index contributed by atoms with van der Waals surface area (Å²) in [6, 6.07) is -0.0658. The second-order valence-electron chi connectivity index (χ2n) is 2.97. The molecule has 1 heterocycles. The fourth-order valence-electron chi connectivity index (χ4n) is 1.36. The predicted octanol–water partition coefficient (Wildman–Crippen LogP) is 2.02. The number of allylic oxidation sites excluding steroid dienone is 3. The molecule has 1 aliphatic carbocycles. The molecule has 0 aromatic heterocycles. The standard InChI is InChI=1S/C10H8ClNO/c11-10-5-4-7-6-8(13)2-1-3-9(7)12-10/h1,3-6,9H,2H2. The maximum Gasteiger partial charge on any atom is 0.159 e. The zero-order valence-corrected chi connectivity index (χ0v) is 7.66. The van der Waals surface area contributed by atoms with E-state index in [-0.39, 0.29) is 11.8 Å². The van der Waals surface area contributed by atoms with Crippen molar-refractivity contribution >= 4 is 22.6 Å². The lowest BCUT2D eigenvalue weighted by Crippen LogP contribution is -2.09. The van der Waals surface area contributed by atoms with Gasteiger partial charge in [-0.05, 0) is 17.7 Å². The van der Waals surface area contributed by atoms with Crippen molar-refractivity contribution in [3.05, 3.63) is 36.0 Å². The maximum atomic E-state index is 11.2. The molecular weight excluding hydrogens is 186 g/mol. The van der Waals surface area contributed by atoms with Crippen molar-refractivity contribution in [3.63, 3.8) is 0 Å². The molecule has 3 heteroatoms. The monoisotopic (exact) mass is 193 g/mol. The first kappa shape index (κ1) is 8.45. The fraction of sp³-hybridized carbons (Fsp3) is 0.200. The van der Waals surface area contributed by atoms with E-state index in [0.717, 1.165) is 5.57 Å². The van der Waals surface area contributed by atoms with Gasteiger partial charge in [0.2, 0.25) is 0 Å². The van der Waals surface area contributed by atoms with Crippen LogP contribution in [0.25, 0.3) is 0 Å². The van der Waals surface area contributed by atoms with E-state index < -0.39 is 0 Å². The van der Waals surface area contributed by atoms with E-state index in [2.05, 4.69) is 4.99 Å². The molecule has 0 bridgehead atoms. The van der Waals surface area contributed by atoms with Gasteiger partial charge in [0, 0.05) is 6.42 Å². The number of aliphatic imine (C=N–C) groups is 1.